The molecule has 0 spiro atoms. The summed E-state index contributed by atoms with van der Waals surface area (Å²) in [7, 11) is 0. The Labute approximate surface area is 72.4 Å². The van der Waals surface area contributed by atoms with Crippen LogP contribution in [-0.2, 0) is 6.42 Å². The van der Waals surface area contributed by atoms with Crippen LogP contribution < -0.4 is 0 Å². The molecule has 1 aromatic heterocycles. The van der Waals surface area contributed by atoms with Gasteiger partial charge in [-0.3, -0.25) is 0 Å². The third-order valence-electron chi connectivity index (χ3n) is 1.88. The molecule has 0 aliphatic carbocycles. The molecule has 0 aliphatic heterocycles. The van der Waals surface area contributed by atoms with Gasteiger partial charge in [0.1, 0.15) is 5.76 Å². The summed E-state index contributed by atoms with van der Waals surface area (Å²) in [6.45, 7) is 5.98. The Morgan fingerprint density at radius 3 is 2.67 bits per heavy atom. The van der Waals surface area contributed by atoms with Gasteiger partial charge in [0, 0.05) is 6.42 Å². The number of aromatic nitrogens is 1. The normalized spacial score (nSPS) is 14.7. The molecule has 12 heavy (non-hydrogen) atoms. The van der Waals surface area contributed by atoms with Crippen LogP contribution in [0.4, 0.5) is 0 Å². The quantitative estimate of drug-likeness (QED) is 0.731. The molecule has 1 atom stereocenters. The molecule has 3 nitrogen and oxygen atoms in total. The predicted octanol–water partition coefficient (Wildman–Crippen LogP) is 1.62. The van der Waals surface area contributed by atoms with Gasteiger partial charge in [-0.25, -0.2) is 4.98 Å². The lowest BCUT2D eigenvalue weighted by Crippen LogP contribution is -2.27. The molecule has 0 saturated heterocycles. The summed E-state index contributed by atoms with van der Waals surface area (Å²) in [5.74, 6) is 0.734. The van der Waals surface area contributed by atoms with Gasteiger partial charge in [0.25, 0.3) is 0 Å². The summed E-state index contributed by atoms with van der Waals surface area (Å²) in [5.41, 5.74) is -0.104. The highest BCUT2D eigenvalue weighted by atomic mass is 16.3. The number of nitrogens with zero attached hydrogens (tertiary/aromatic N) is 1. The molecular formula is C9H15NO2. The molecule has 68 valence electrons. The van der Waals surface area contributed by atoms with Gasteiger partial charge in [0.2, 0.25) is 0 Å². The van der Waals surface area contributed by atoms with Crippen molar-refractivity contribution in [1.29, 1.82) is 0 Å². The van der Waals surface area contributed by atoms with Crippen LogP contribution in [0.25, 0.3) is 0 Å². The summed E-state index contributed by atoms with van der Waals surface area (Å²) in [6.07, 6.45) is 3.16. The zero-order valence-electron chi connectivity index (χ0n) is 7.74. The second-order valence-electron chi connectivity index (χ2n) is 4.05. The monoisotopic (exact) mass is 169 g/mol. The highest BCUT2D eigenvalue weighted by Crippen LogP contribution is 2.21. The van der Waals surface area contributed by atoms with Crippen LogP contribution in [0.1, 0.15) is 26.5 Å². The van der Waals surface area contributed by atoms with Crippen molar-refractivity contribution in [1.82, 2.24) is 4.98 Å². The first kappa shape index (κ1) is 9.26. The number of oxazole rings is 1. The van der Waals surface area contributed by atoms with E-state index in [1.807, 2.05) is 20.8 Å². The number of rotatable bonds is 2. The van der Waals surface area contributed by atoms with E-state index in [2.05, 4.69) is 4.98 Å². The molecule has 1 aromatic rings. The number of hydrogen-bond acceptors (Lipinski definition) is 3. The zero-order chi connectivity index (χ0) is 9.19. The first-order valence-corrected chi connectivity index (χ1v) is 4.05. The molecule has 0 bridgehead atoms. The van der Waals surface area contributed by atoms with E-state index in [4.69, 9.17) is 4.42 Å². The minimum Gasteiger partial charge on any atom is -0.448 e. The summed E-state index contributed by atoms with van der Waals surface area (Å²) < 4.78 is 5.03. The summed E-state index contributed by atoms with van der Waals surface area (Å²) in [6, 6.07) is 0. The van der Waals surface area contributed by atoms with Crippen LogP contribution in [0.2, 0.25) is 0 Å². The number of aliphatic hydroxyl groups is 1. The second-order valence-corrected chi connectivity index (χ2v) is 4.05. The average Bonchev–Trinajstić information content (AvgIpc) is 2.37. The maximum atomic E-state index is 9.67. The molecule has 0 saturated carbocycles. The van der Waals surface area contributed by atoms with Crippen molar-refractivity contribution in [3.05, 3.63) is 18.4 Å². The van der Waals surface area contributed by atoms with Crippen molar-refractivity contribution in [2.75, 3.05) is 0 Å². The molecule has 1 N–H and O–H groups in total. The molecular weight excluding hydrogens is 154 g/mol. The van der Waals surface area contributed by atoms with Crippen molar-refractivity contribution < 1.29 is 9.52 Å². The zero-order valence-corrected chi connectivity index (χ0v) is 7.74. The molecule has 0 amide bonds. The van der Waals surface area contributed by atoms with Gasteiger partial charge in [-0.15, -0.1) is 0 Å². The fourth-order valence-corrected chi connectivity index (χ4v) is 0.840. The predicted molar refractivity (Wildman–Crippen MR) is 45.7 cm³/mol. The topological polar surface area (TPSA) is 46.3 Å². The van der Waals surface area contributed by atoms with E-state index >= 15 is 0 Å². The SMILES string of the molecule is CC(C)(C)C(O)Cc1cnco1. The summed E-state index contributed by atoms with van der Waals surface area (Å²) >= 11 is 0. The Hall–Kier alpha value is -0.830. The van der Waals surface area contributed by atoms with Crippen LogP contribution in [0, 0.1) is 5.41 Å². The van der Waals surface area contributed by atoms with E-state index in [-0.39, 0.29) is 11.5 Å². The lowest BCUT2D eigenvalue weighted by Gasteiger charge is -2.24. The van der Waals surface area contributed by atoms with Crippen LogP contribution in [0.5, 0.6) is 0 Å². The third kappa shape index (κ3) is 2.34. The van der Waals surface area contributed by atoms with Crippen LogP contribution >= 0.6 is 0 Å². The number of aliphatic hydroxyl groups excluding tert-OH is 1. The summed E-state index contributed by atoms with van der Waals surface area (Å²) in [5, 5.41) is 9.67. The highest BCUT2D eigenvalue weighted by Gasteiger charge is 2.23. The van der Waals surface area contributed by atoms with E-state index in [0.717, 1.165) is 5.76 Å². The van der Waals surface area contributed by atoms with Gasteiger partial charge in [-0.05, 0) is 5.41 Å². The summed E-state index contributed by atoms with van der Waals surface area (Å²) in [4.78, 5) is 3.78. The molecule has 1 heterocycles. The molecule has 1 rings (SSSR count). The fraction of sp³-hybridized carbons (Fsp3) is 0.667. The molecule has 3 heteroatoms. The van der Waals surface area contributed by atoms with Crippen molar-refractivity contribution in [3.63, 3.8) is 0 Å². The molecule has 1 unspecified atom stereocenters. The Morgan fingerprint density at radius 1 is 1.58 bits per heavy atom. The second kappa shape index (κ2) is 3.27. The maximum Gasteiger partial charge on any atom is 0.180 e. The van der Waals surface area contributed by atoms with E-state index in [9.17, 15) is 5.11 Å². The van der Waals surface area contributed by atoms with Gasteiger partial charge in [-0.2, -0.15) is 0 Å². The Kier molecular flexibility index (Phi) is 2.52. The standard InChI is InChI=1S/C9H15NO2/c1-9(2,3)8(11)4-7-5-10-6-12-7/h5-6,8,11H,4H2,1-3H3. The molecule has 0 aliphatic rings. The average molecular weight is 169 g/mol. The lowest BCUT2D eigenvalue weighted by atomic mass is 9.87. The van der Waals surface area contributed by atoms with Crippen molar-refractivity contribution in [2.45, 2.75) is 33.3 Å². The van der Waals surface area contributed by atoms with Crippen LogP contribution in [-0.4, -0.2) is 16.2 Å². The fourth-order valence-electron chi connectivity index (χ4n) is 0.840. The maximum absolute atomic E-state index is 9.67. The third-order valence-corrected chi connectivity index (χ3v) is 1.88. The van der Waals surface area contributed by atoms with Gasteiger partial charge in [-0.1, -0.05) is 20.8 Å². The van der Waals surface area contributed by atoms with Crippen molar-refractivity contribution >= 4 is 0 Å². The molecule has 0 fully saturated rings. The number of hydrogen-bond donors (Lipinski definition) is 1. The van der Waals surface area contributed by atoms with Crippen molar-refractivity contribution in [2.24, 2.45) is 5.41 Å². The van der Waals surface area contributed by atoms with Gasteiger partial charge in [0.05, 0.1) is 12.3 Å². The van der Waals surface area contributed by atoms with Gasteiger partial charge in [0.15, 0.2) is 6.39 Å². The Bertz CT molecular complexity index is 223. The van der Waals surface area contributed by atoms with Gasteiger partial charge < -0.3 is 9.52 Å². The smallest absolute Gasteiger partial charge is 0.180 e. The van der Waals surface area contributed by atoms with E-state index in [0.29, 0.717) is 6.42 Å². The first-order valence-electron chi connectivity index (χ1n) is 4.05. The van der Waals surface area contributed by atoms with E-state index in [1.54, 1.807) is 6.20 Å². The van der Waals surface area contributed by atoms with Crippen molar-refractivity contribution in [3.8, 4) is 0 Å². The van der Waals surface area contributed by atoms with E-state index < -0.39 is 0 Å². The molecule has 0 radical (unpaired) electrons. The van der Waals surface area contributed by atoms with Gasteiger partial charge >= 0.3 is 0 Å². The Balaban J connectivity index is 2.53. The van der Waals surface area contributed by atoms with Crippen LogP contribution in [0.3, 0.4) is 0 Å². The highest BCUT2D eigenvalue weighted by molar-refractivity contribution is 4.93. The minimum absolute atomic E-state index is 0.104. The molecule has 0 aromatic carbocycles. The first-order chi connectivity index (χ1) is 5.50. The minimum atomic E-state index is -0.384. The Morgan fingerprint density at radius 2 is 2.25 bits per heavy atom. The largest absolute Gasteiger partial charge is 0.448 e. The lowest BCUT2D eigenvalue weighted by molar-refractivity contribution is 0.0591. The van der Waals surface area contributed by atoms with Crippen LogP contribution in [0.15, 0.2) is 17.0 Å². The van der Waals surface area contributed by atoms with E-state index in [1.165, 1.54) is 6.39 Å².